The van der Waals surface area contributed by atoms with E-state index in [9.17, 15) is 0 Å². The SMILES string of the molecule is CN=c1scc(-c2ccc(Cl)c(Cl)c2)n1N=C(C)c1ccc2c(c1)OCO2. The molecule has 0 spiro atoms. The lowest BCUT2D eigenvalue weighted by atomic mass is 10.1. The minimum atomic E-state index is 0.245. The van der Waals surface area contributed by atoms with Crippen molar-refractivity contribution in [3.8, 4) is 22.8 Å². The highest BCUT2D eigenvalue weighted by molar-refractivity contribution is 7.07. The predicted molar refractivity (Wildman–Crippen MR) is 109 cm³/mol. The van der Waals surface area contributed by atoms with Crippen molar-refractivity contribution >= 4 is 40.3 Å². The van der Waals surface area contributed by atoms with Crippen LogP contribution < -0.4 is 14.3 Å². The molecule has 0 amide bonds. The van der Waals surface area contributed by atoms with Crippen LogP contribution in [0, 0.1) is 0 Å². The molecule has 0 saturated heterocycles. The highest BCUT2D eigenvalue weighted by Crippen LogP contribution is 2.33. The Kier molecular flexibility index (Phi) is 4.95. The number of hydrogen-bond acceptors (Lipinski definition) is 5. The molecule has 27 heavy (non-hydrogen) atoms. The van der Waals surface area contributed by atoms with Crippen LogP contribution in [0.3, 0.4) is 0 Å². The number of nitrogens with zero attached hydrogens (tertiary/aromatic N) is 3. The molecule has 2 aromatic carbocycles. The van der Waals surface area contributed by atoms with Crippen molar-refractivity contribution in [1.82, 2.24) is 4.68 Å². The Bertz CT molecular complexity index is 1120. The Morgan fingerprint density at radius 2 is 1.89 bits per heavy atom. The van der Waals surface area contributed by atoms with Gasteiger partial charge >= 0.3 is 0 Å². The number of ether oxygens (including phenoxy) is 2. The number of benzene rings is 2. The van der Waals surface area contributed by atoms with E-state index < -0.39 is 0 Å². The first kappa shape index (κ1) is 18.1. The number of rotatable bonds is 3. The minimum absolute atomic E-state index is 0.245. The normalized spacial score (nSPS) is 14.1. The van der Waals surface area contributed by atoms with Gasteiger partial charge in [-0.05, 0) is 37.3 Å². The van der Waals surface area contributed by atoms with Crippen molar-refractivity contribution in [2.24, 2.45) is 10.1 Å². The van der Waals surface area contributed by atoms with E-state index in [2.05, 4.69) is 4.99 Å². The summed E-state index contributed by atoms with van der Waals surface area (Å²) >= 11 is 13.7. The zero-order chi connectivity index (χ0) is 19.0. The fourth-order valence-corrected chi connectivity index (χ4v) is 3.83. The summed E-state index contributed by atoms with van der Waals surface area (Å²) < 4.78 is 12.6. The van der Waals surface area contributed by atoms with Crippen molar-refractivity contribution in [3.05, 3.63) is 62.2 Å². The zero-order valence-corrected chi connectivity index (χ0v) is 16.9. The van der Waals surface area contributed by atoms with E-state index in [0.717, 1.165) is 38.8 Å². The largest absolute Gasteiger partial charge is 0.454 e. The quantitative estimate of drug-likeness (QED) is 0.557. The molecule has 4 rings (SSSR count). The van der Waals surface area contributed by atoms with E-state index in [4.69, 9.17) is 37.8 Å². The number of aromatic nitrogens is 1. The maximum absolute atomic E-state index is 6.19. The van der Waals surface area contributed by atoms with Crippen LogP contribution >= 0.6 is 34.5 Å². The Balaban J connectivity index is 1.80. The lowest BCUT2D eigenvalue weighted by Gasteiger charge is -2.07. The second-order valence-corrected chi connectivity index (χ2v) is 7.47. The number of halogens is 2. The van der Waals surface area contributed by atoms with E-state index in [1.54, 1.807) is 13.1 Å². The molecule has 138 valence electrons. The fraction of sp³-hybridized carbons (Fsp3) is 0.158. The summed E-state index contributed by atoms with van der Waals surface area (Å²) in [6, 6.07) is 11.3. The third-order valence-corrected chi connectivity index (χ3v) is 5.78. The molecule has 0 saturated carbocycles. The topological polar surface area (TPSA) is 48.1 Å². The lowest BCUT2D eigenvalue weighted by Crippen LogP contribution is -2.13. The molecule has 5 nitrogen and oxygen atoms in total. The second-order valence-electron chi connectivity index (χ2n) is 5.82. The number of fused-ring (bicyclic) bond motifs is 1. The molecule has 0 radical (unpaired) electrons. The van der Waals surface area contributed by atoms with Crippen molar-refractivity contribution in [1.29, 1.82) is 0 Å². The second kappa shape index (κ2) is 7.38. The Hall–Kier alpha value is -2.28. The van der Waals surface area contributed by atoms with Crippen molar-refractivity contribution < 1.29 is 9.47 Å². The first-order valence-electron chi connectivity index (χ1n) is 8.11. The maximum Gasteiger partial charge on any atom is 0.231 e. The van der Waals surface area contributed by atoms with Crippen molar-refractivity contribution in [2.75, 3.05) is 13.8 Å². The third-order valence-electron chi connectivity index (χ3n) is 4.13. The lowest BCUT2D eigenvalue weighted by molar-refractivity contribution is 0.174. The molecule has 0 fully saturated rings. The van der Waals surface area contributed by atoms with Gasteiger partial charge in [0.2, 0.25) is 11.6 Å². The predicted octanol–water partition coefficient (Wildman–Crippen LogP) is 5.05. The number of thiazole rings is 1. The molecule has 1 aliphatic heterocycles. The molecule has 0 aliphatic carbocycles. The van der Waals surface area contributed by atoms with Crippen molar-refractivity contribution in [2.45, 2.75) is 6.92 Å². The summed E-state index contributed by atoms with van der Waals surface area (Å²) in [5, 5.41) is 7.80. The summed E-state index contributed by atoms with van der Waals surface area (Å²) in [5.41, 5.74) is 3.57. The molecule has 8 heteroatoms. The van der Waals surface area contributed by atoms with Gasteiger partial charge in [0.1, 0.15) is 0 Å². The van der Waals surface area contributed by atoms with Crippen LogP contribution in [0.2, 0.25) is 10.0 Å². The molecule has 2 heterocycles. The molecule has 0 unspecified atom stereocenters. The van der Waals surface area contributed by atoms with Crippen LogP contribution in [-0.2, 0) is 0 Å². The summed E-state index contributed by atoms with van der Waals surface area (Å²) in [6.07, 6.45) is 0. The Morgan fingerprint density at radius 3 is 2.67 bits per heavy atom. The zero-order valence-electron chi connectivity index (χ0n) is 14.6. The van der Waals surface area contributed by atoms with Crippen LogP contribution in [0.4, 0.5) is 0 Å². The van der Waals surface area contributed by atoms with Gasteiger partial charge in [0.15, 0.2) is 11.5 Å². The molecule has 1 aliphatic rings. The summed E-state index contributed by atoms with van der Waals surface area (Å²) in [7, 11) is 1.74. The van der Waals surface area contributed by atoms with Crippen LogP contribution in [-0.4, -0.2) is 24.2 Å². The molecule has 0 atom stereocenters. The monoisotopic (exact) mass is 419 g/mol. The standard InChI is InChI=1S/C19H15Cl2N3O2S/c1-11(12-4-6-17-18(8-12)26-10-25-17)23-24-16(9-27-19(24)22-2)13-3-5-14(20)15(21)7-13/h3-9H,10H2,1-2H3. The Labute approximate surface area is 170 Å². The van der Waals surface area contributed by atoms with Crippen LogP contribution in [0.15, 0.2) is 51.9 Å². The minimum Gasteiger partial charge on any atom is -0.454 e. The summed E-state index contributed by atoms with van der Waals surface area (Å²) in [6.45, 7) is 2.19. The van der Waals surface area contributed by atoms with Crippen LogP contribution in [0.5, 0.6) is 11.5 Å². The Morgan fingerprint density at radius 1 is 1.07 bits per heavy atom. The van der Waals surface area contributed by atoms with E-state index in [0.29, 0.717) is 10.0 Å². The van der Waals surface area contributed by atoms with Crippen LogP contribution in [0.1, 0.15) is 12.5 Å². The third kappa shape index (κ3) is 3.48. The van der Waals surface area contributed by atoms with Gasteiger partial charge in [0.05, 0.1) is 21.5 Å². The van der Waals surface area contributed by atoms with Gasteiger partial charge in [-0.1, -0.05) is 29.3 Å². The van der Waals surface area contributed by atoms with E-state index in [-0.39, 0.29) is 6.79 Å². The van der Waals surface area contributed by atoms with Gasteiger partial charge < -0.3 is 9.47 Å². The maximum atomic E-state index is 6.19. The van der Waals surface area contributed by atoms with Crippen LogP contribution in [0.25, 0.3) is 11.3 Å². The van der Waals surface area contributed by atoms with Gasteiger partial charge in [-0.2, -0.15) is 5.10 Å². The van der Waals surface area contributed by atoms with Gasteiger partial charge in [-0.15, -0.1) is 11.3 Å². The average Bonchev–Trinajstić information content (AvgIpc) is 3.29. The highest BCUT2D eigenvalue weighted by atomic mass is 35.5. The van der Waals surface area contributed by atoms with Gasteiger partial charge in [-0.25, -0.2) is 4.68 Å². The molecule has 0 N–H and O–H groups in total. The van der Waals surface area contributed by atoms with Crippen molar-refractivity contribution in [3.63, 3.8) is 0 Å². The molecular weight excluding hydrogens is 405 g/mol. The highest BCUT2D eigenvalue weighted by Gasteiger charge is 2.15. The molecular formula is C19H15Cl2N3O2S. The van der Waals surface area contributed by atoms with Gasteiger partial charge in [-0.3, -0.25) is 4.99 Å². The molecule has 0 bridgehead atoms. The smallest absolute Gasteiger partial charge is 0.231 e. The van der Waals surface area contributed by atoms with E-state index in [1.807, 2.05) is 47.3 Å². The fourth-order valence-electron chi connectivity index (χ4n) is 2.73. The van der Waals surface area contributed by atoms with E-state index in [1.165, 1.54) is 11.3 Å². The molecule has 3 aromatic rings. The first-order chi connectivity index (χ1) is 13.1. The van der Waals surface area contributed by atoms with E-state index >= 15 is 0 Å². The first-order valence-corrected chi connectivity index (χ1v) is 9.75. The summed E-state index contributed by atoms with van der Waals surface area (Å²) in [4.78, 5) is 5.11. The van der Waals surface area contributed by atoms with Gasteiger partial charge in [0.25, 0.3) is 0 Å². The number of hydrogen-bond donors (Lipinski definition) is 0. The molecule has 1 aromatic heterocycles. The van der Waals surface area contributed by atoms with Gasteiger partial charge in [0, 0.05) is 23.6 Å². The summed E-state index contributed by atoms with van der Waals surface area (Å²) in [5.74, 6) is 1.47. The average molecular weight is 420 g/mol.